The average Bonchev–Trinajstić information content (AvgIpc) is 3.13. The summed E-state index contributed by atoms with van der Waals surface area (Å²) in [5.41, 5.74) is 2.96. The van der Waals surface area contributed by atoms with Gasteiger partial charge >= 0.3 is 0 Å². The molecule has 146 valence electrons. The van der Waals surface area contributed by atoms with Gasteiger partial charge in [-0.2, -0.15) is 0 Å². The second kappa shape index (κ2) is 7.20. The highest BCUT2D eigenvalue weighted by Gasteiger charge is 2.24. The summed E-state index contributed by atoms with van der Waals surface area (Å²) in [7, 11) is -3.35. The molecule has 0 saturated carbocycles. The van der Waals surface area contributed by atoms with Crippen molar-refractivity contribution >= 4 is 33.4 Å². The van der Waals surface area contributed by atoms with Gasteiger partial charge in [-0.05, 0) is 54.3 Å². The Bertz CT molecular complexity index is 1060. The van der Waals surface area contributed by atoms with E-state index in [1.807, 2.05) is 12.1 Å². The van der Waals surface area contributed by atoms with Crippen molar-refractivity contribution in [3.8, 4) is 11.5 Å². The number of benzene rings is 2. The van der Waals surface area contributed by atoms with Crippen LogP contribution in [0, 0.1) is 0 Å². The number of nitrogens with one attached hydrogen (secondary N) is 1. The molecule has 8 heteroatoms. The van der Waals surface area contributed by atoms with Gasteiger partial charge in [0.15, 0.2) is 11.5 Å². The van der Waals surface area contributed by atoms with Crippen LogP contribution in [0.25, 0.3) is 6.08 Å². The number of sulfonamides is 1. The fraction of sp³-hybridized carbons (Fsp3) is 0.250. The molecular weight excluding hydrogens is 380 g/mol. The number of aryl methyl sites for hydroxylation is 1. The van der Waals surface area contributed by atoms with Gasteiger partial charge < -0.3 is 14.8 Å². The third kappa shape index (κ3) is 3.82. The molecule has 4 rings (SSSR count). The number of hydrogen-bond acceptors (Lipinski definition) is 5. The van der Waals surface area contributed by atoms with Crippen LogP contribution in [0.1, 0.15) is 17.5 Å². The number of ether oxygens (including phenoxy) is 2. The standard InChI is InChI=1S/C20H20N2O5S/c1-28(24,25)22-10-2-3-15-6-7-16(12-17(15)22)21-20(23)9-5-14-4-8-18-19(11-14)27-13-26-18/h4-9,11-12H,2-3,10,13H2,1H3,(H,21,23)/b9-5+. The first kappa shape index (κ1) is 18.4. The molecule has 2 aromatic rings. The molecule has 0 atom stereocenters. The zero-order chi connectivity index (χ0) is 19.7. The molecule has 2 aliphatic rings. The lowest BCUT2D eigenvalue weighted by Crippen LogP contribution is -2.34. The maximum absolute atomic E-state index is 12.3. The van der Waals surface area contributed by atoms with E-state index in [0.717, 1.165) is 24.0 Å². The normalized spacial score (nSPS) is 15.5. The van der Waals surface area contributed by atoms with E-state index in [1.54, 1.807) is 30.3 Å². The largest absolute Gasteiger partial charge is 0.454 e. The number of carbonyl (C=O) groups excluding carboxylic acids is 1. The fourth-order valence-electron chi connectivity index (χ4n) is 3.34. The third-order valence-corrected chi connectivity index (χ3v) is 5.83. The Kier molecular flexibility index (Phi) is 4.72. The molecule has 0 fully saturated rings. The van der Waals surface area contributed by atoms with Crippen molar-refractivity contribution < 1.29 is 22.7 Å². The molecule has 1 N–H and O–H groups in total. The van der Waals surface area contributed by atoms with Gasteiger partial charge in [-0.25, -0.2) is 8.42 Å². The number of anilines is 2. The molecule has 28 heavy (non-hydrogen) atoms. The van der Waals surface area contributed by atoms with Gasteiger partial charge in [0, 0.05) is 18.3 Å². The number of amides is 1. The van der Waals surface area contributed by atoms with Crippen LogP contribution in [0.5, 0.6) is 11.5 Å². The molecule has 7 nitrogen and oxygen atoms in total. The Morgan fingerprint density at radius 2 is 1.96 bits per heavy atom. The van der Waals surface area contributed by atoms with Crippen molar-refractivity contribution in [3.05, 3.63) is 53.6 Å². The van der Waals surface area contributed by atoms with Crippen LogP contribution >= 0.6 is 0 Å². The molecule has 2 aliphatic heterocycles. The van der Waals surface area contributed by atoms with Gasteiger partial charge in [-0.3, -0.25) is 9.10 Å². The van der Waals surface area contributed by atoms with Gasteiger partial charge in [0.05, 0.1) is 11.9 Å². The smallest absolute Gasteiger partial charge is 0.248 e. The Morgan fingerprint density at radius 1 is 1.14 bits per heavy atom. The first-order chi connectivity index (χ1) is 13.4. The molecule has 0 aromatic heterocycles. The first-order valence-corrected chi connectivity index (χ1v) is 10.7. The average molecular weight is 400 g/mol. The van der Waals surface area contributed by atoms with Gasteiger partial charge in [-0.15, -0.1) is 0 Å². The molecule has 0 radical (unpaired) electrons. The number of hydrogen-bond donors (Lipinski definition) is 1. The summed E-state index contributed by atoms with van der Waals surface area (Å²) in [5.74, 6) is 1.03. The lowest BCUT2D eigenvalue weighted by molar-refractivity contribution is -0.111. The van der Waals surface area contributed by atoms with Crippen LogP contribution in [0.15, 0.2) is 42.5 Å². The second-order valence-electron chi connectivity index (χ2n) is 6.72. The highest BCUT2D eigenvalue weighted by molar-refractivity contribution is 7.92. The summed E-state index contributed by atoms with van der Waals surface area (Å²) in [6.07, 6.45) is 5.90. The predicted octanol–water partition coefficient (Wildman–Crippen LogP) is 2.78. The minimum atomic E-state index is -3.35. The number of rotatable bonds is 4. The lowest BCUT2D eigenvalue weighted by atomic mass is 10.0. The Hall–Kier alpha value is -3.00. The van der Waals surface area contributed by atoms with Crippen molar-refractivity contribution in [1.82, 2.24) is 0 Å². The van der Waals surface area contributed by atoms with Crippen LogP contribution in [0.4, 0.5) is 11.4 Å². The highest BCUT2D eigenvalue weighted by atomic mass is 32.2. The van der Waals surface area contributed by atoms with Gasteiger partial charge in [0.1, 0.15) is 0 Å². The van der Waals surface area contributed by atoms with Gasteiger partial charge in [0.2, 0.25) is 22.7 Å². The maximum Gasteiger partial charge on any atom is 0.248 e. The summed E-state index contributed by atoms with van der Waals surface area (Å²) >= 11 is 0. The van der Waals surface area contributed by atoms with E-state index < -0.39 is 10.0 Å². The van der Waals surface area contributed by atoms with Crippen molar-refractivity contribution in [1.29, 1.82) is 0 Å². The zero-order valence-electron chi connectivity index (χ0n) is 15.3. The van der Waals surface area contributed by atoms with Crippen LogP contribution in [0.2, 0.25) is 0 Å². The van der Waals surface area contributed by atoms with Gasteiger partial charge in [0.25, 0.3) is 0 Å². The molecule has 0 saturated heterocycles. The number of carbonyl (C=O) groups is 1. The summed E-state index contributed by atoms with van der Waals surface area (Å²) in [6.45, 7) is 0.652. The minimum Gasteiger partial charge on any atom is -0.454 e. The van der Waals surface area contributed by atoms with Crippen LogP contribution < -0.4 is 19.1 Å². The molecule has 2 heterocycles. The molecular formula is C20H20N2O5S. The van der Waals surface area contributed by atoms with E-state index in [-0.39, 0.29) is 12.7 Å². The quantitative estimate of drug-likeness (QED) is 0.798. The lowest BCUT2D eigenvalue weighted by Gasteiger charge is -2.29. The monoisotopic (exact) mass is 400 g/mol. The highest BCUT2D eigenvalue weighted by Crippen LogP contribution is 2.33. The van der Waals surface area contributed by atoms with E-state index >= 15 is 0 Å². The summed E-state index contributed by atoms with van der Waals surface area (Å²) in [4.78, 5) is 12.3. The maximum atomic E-state index is 12.3. The van der Waals surface area contributed by atoms with Crippen molar-refractivity contribution in [2.24, 2.45) is 0 Å². The number of nitrogens with zero attached hydrogens (tertiary/aromatic N) is 1. The Morgan fingerprint density at radius 3 is 2.79 bits per heavy atom. The van der Waals surface area contributed by atoms with Crippen molar-refractivity contribution in [2.45, 2.75) is 12.8 Å². The summed E-state index contributed by atoms with van der Waals surface area (Å²) in [6, 6.07) is 10.8. The molecule has 2 aromatic carbocycles. The van der Waals surface area contributed by atoms with Crippen molar-refractivity contribution in [2.75, 3.05) is 29.2 Å². The summed E-state index contributed by atoms with van der Waals surface area (Å²) in [5, 5.41) is 2.78. The first-order valence-electron chi connectivity index (χ1n) is 8.89. The molecule has 0 unspecified atom stereocenters. The Balaban J connectivity index is 1.49. The predicted molar refractivity (Wildman–Crippen MR) is 107 cm³/mol. The van der Waals surface area contributed by atoms with E-state index in [2.05, 4.69) is 5.32 Å². The molecule has 0 spiro atoms. The summed E-state index contributed by atoms with van der Waals surface area (Å²) < 4.78 is 36.0. The van der Waals surface area contributed by atoms with E-state index in [4.69, 9.17) is 9.47 Å². The van der Waals surface area contributed by atoms with Crippen LogP contribution in [-0.4, -0.2) is 33.9 Å². The third-order valence-electron chi connectivity index (χ3n) is 4.65. The van der Waals surface area contributed by atoms with Crippen LogP contribution in [0.3, 0.4) is 0 Å². The van der Waals surface area contributed by atoms with E-state index in [9.17, 15) is 13.2 Å². The topological polar surface area (TPSA) is 84.9 Å². The minimum absolute atomic E-state index is 0.200. The van der Waals surface area contributed by atoms with Gasteiger partial charge in [-0.1, -0.05) is 12.1 Å². The Labute approximate surface area is 163 Å². The zero-order valence-corrected chi connectivity index (χ0v) is 16.2. The molecule has 0 aliphatic carbocycles. The fourth-order valence-corrected chi connectivity index (χ4v) is 4.32. The SMILES string of the molecule is CS(=O)(=O)N1CCCc2ccc(NC(=O)/C=C/c3ccc4c(c3)OCO4)cc21. The molecule has 1 amide bonds. The second-order valence-corrected chi connectivity index (χ2v) is 8.62. The number of fused-ring (bicyclic) bond motifs is 2. The van der Waals surface area contributed by atoms with E-state index in [0.29, 0.717) is 29.4 Å². The molecule has 0 bridgehead atoms. The van der Waals surface area contributed by atoms with E-state index in [1.165, 1.54) is 16.6 Å². The van der Waals surface area contributed by atoms with Crippen molar-refractivity contribution in [3.63, 3.8) is 0 Å². The van der Waals surface area contributed by atoms with Crippen LogP contribution in [-0.2, 0) is 21.2 Å².